The monoisotopic (exact) mass is 434 g/mol. The number of benzene rings is 3. The molecule has 0 atom stereocenters. The van der Waals surface area contributed by atoms with Crippen LogP contribution in [0, 0.1) is 11.6 Å². The highest BCUT2D eigenvalue weighted by molar-refractivity contribution is 6.39. The molecule has 8 heteroatoms. The van der Waals surface area contributed by atoms with Gasteiger partial charge >= 0.3 is 6.03 Å². The van der Waals surface area contributed by atoms with Gasteiger partial charge in [0.15, 0.2) is 0 Å². The number of urea groups is 1. The fourth-order valence-corrected chi connectivity index (χ4v) is 3.13. The van der Waals surface area contributed by atoms with E-state index in [1.807, 2.05) is 0 Å². The number of ether oxygens (including phenoxy) is 1. The molecule has 3 aromatic carbocycles. The Morgan fingerprint density at radius 1 is 0.875 bits per heavy atom. The number of imide groups is 2. The summed E-state index contributed by atoms with van der Waals surface area (Å²) in [4.78, 5) is 37.9. The third-order valence-electron chi connectivity index (χ3n) is 4.65. The highest BCUT2D eigenvalue weighted by Gasteiger charge is 2.36. The van der Waals surface area contributed by atoms with Gasteiger partial charge in [-0.05, 0) is 59.7 Å². The molecule has 3 aromatic rings. The second-order valence-electron chi connectivity index (χ2n) is 6.93. The summed E-state index contributed by atoms with van der Waals surface area (Å²) < 4.78 is 32.4. The molecule has 1 aliphatic heterocycles. The van der Waals surface area contributed by atoms with Crippen molar-refractivity contribution in [3.05, 3.63) is 101 Å². The molecule has 4 rings (SSSR count). The topological polar surface area (TPSA) is 75.7 Å². The number of rotatable bonds is 5. The molecule has 0 aliphatic carbocycles. The number of halogens is 2. The normalized spacial score (nSPS) is 15.1. The minimum absolute atomic E-state index is 0.00648. The van der Waals surface area contributed by atoms with Crippen molar-refractivity contribution in [3.63, 3.8) is 0 Å². The predicted octanol–water partition coefficient (Wildman–Crippen LogP) is 4.21. The summed E-state index contributed by atoms with van der Waals surface area (Å²) in [7, 11) is 0. The van der Waals surface area contributed by atoms with Crippen LogP contribution in [0.4, 0.5) is 19.3 Å². The van der Waals surface area contributed by atoms with E-state index in [0.29, 0.717) is 21.8 Å². The molecule has 0 radical (unpaired) electrons. The number of nitrogens with one attached hydrogen (secondary N) is 1. The van der Waals surface area contributed by atoms with E-state index in [1.165, 1.54) is 36.4 Å². The van der Waals surface area contributed by atoms with E-state index < -0.39 is 23.7 Å². The summed E-state index contributed by atoms with van der Waals surface area (Å²) in [5.74, 6) is -2.18. The van der Waals surface area contributed by atoms with Crippen molar-refractivity contribution in [2.24, 2.45) is 0 Å². The van der Waals surface area contributed by atoms with Crippen LogP contribution in [0.2, 0.25) is 0 Å². The molecule has 1 heterocycles. The molecule has 1 fully saturated rings. The van der Waals surface area contributed by atoms with Gasteiger partial charge in [0.05, 0.1) is 5.69 Å². The van der Waals surface area contributed by atoms with E-state index in [2.05, 4.69) is 5.32 Å². The Morgan fingerprint density at radius 3 is 2.25 bits per heavy atom. The zero-order chi connectivity index (χ0) is 22.7. The van der Waals surface area contributed by atoms with Crippen molar-refractivity contribution in [1.29, 1.82) is 0 Å². The van der Waals surface area contributed by atoms with Gasteiger partial charge in [-0.2, -0.15) is 0 Å². The number of carbonyl (C=O) groups is 3. The van der Waals surface area contributed by atoms with E-state index >= 15 is 0 Å². The van der Waals surface area contributed by atoms with Crippen LogP contribution in [0.3, 0.4) is 0 Å². The fraction of sp³-hybridized carbons (Fsp3) is 0.0417. The second kappa shape index (κ2) is 8.81. The molecular formula is C24H16F2N2O4. The molecule has 1 aliphatic rings. The van der Waals surface area contributed by atoms with E-state index in [-0.39, 0.29) is 23.7 Å². The molecule has 0 saturated carbocycles. The van der Waals surface area contributed by atoms with Gasteiger partial charge in [0.1, 0.15) is 29.6 Å². The summed E-state index contributed by atoms with van der Waals surface area (Å²) in [5, 5.41) is 2.08. The number of anilines is 1. The van der Waals surface area contributed by atoms with Crippen LogP contribution in [-0.2, 0) is 16.2 Å². The Balaban J connectivity index is 1.52. The Hall–Kier alpha value is -4.33. The van der Waals surface area contributed by atoms with Crippen LogP contribution in [0.1, 0.15) is 11.1 Å². The molecule has 4 amide bonds. The van der Waals surface area contributed by atoms with Crippen LogP contribution in [-0.4, -0.2) is 17.8 Å². The lowest BCUT2D eigenvalue weighted by Crippen LogP contribution is -2.54. The number of hydrogen-bond donors (Lipinski definition) is 1. The largest absolute Gasteiger partial charge is 0.489 e. The first kappa shape index (κ1) is 20.9. The summed E-state index contributed by atoms with van der Waals surface area (Å²) in [6.07, 6.45) is 1.33. The van der Waals surface area contributed by atoms with Crippen LogP contribution in [0.25, 0.3) is 6.08 Å². The van der Waals surface area contributed by atoms with E-state index in [1.54, 1.807) is 36.4 Å². The maximum absolute atomic E-state index is 13.5. The van der Waals surface area contributed by atoms with E-state index in [9.17, 15) is 23.2 Å². The number of amides is 4. The standard InChI is InChI=1S/C24H16F2N2O4/c25-17-4-1-3-16(11-17)14-32-20-9-7-15(8-10-20)12-21-22(29)27-24(31)28(23(21)30)19-6-2-5-18(26)13-19/h1-13H,14H2,(H,27,29,31)/b21-12+. The third kappa shape index (κ3) is 4.54. The van der Waals surface area contributed by atoms with E-state index in [0.717, 1.165) is 6.07 Å². The molecule has 0 unspecified atom stereocenters. The van der Waals surface area contributed by atoms with Crippen molar-refractivity contribution in [1.82, 2.24) is 5.32 Å². The lowest BCUT2D eigenvalue weighted by Gasteiger charge is -2.26. The third-order valence-corrected chi connectivity index (χ3v) is 4.65. The van der Waals surface area contributed by atoms with Gasteiger partial charge in [0.2, 0.25) is 0 Å². The van der Waals surface area contributed by atoms with Crippen molar-refractivity contribution < 1.29 is 27.9 Å². The van der Waals surface area contributed by atoms with Crippen molar-refractivity contribution in [2.75, 3.05) is 4.90 Å². The van der Waals surface area contributed by atoms with Crippen LogP contribution in [0.15, 0.2) is 78.4 Å². The number of carbonyl (C=O) groups excluding carboxylic acids is 3. The van der Waals surface area contributed by atoms with Gasteiger partial charge in [0.25, 0.3) is 11.8 Å². The number of barbiturate groups is 1. The quantitative estimate of drug-likeness (QED) is 0.482. The first-order valence-corrected chi connectivity index (χ1v) is 9.55. The Bertz CT molecular complexity index is 1240. The highest BCUT2D eigenvalue weighted by Crippen LogP contribution is 2.23. The number of hydrogen-bond acceptors (Lipinski definition) is 4. The van der Waals surface area contributed by atoms with Crippen LogP contribution >= 0.6 is 0 Å². The summed E-state index contributed by atoms with van der Waals surface area (Å²) >= 11 is 0. The second-order valence-corrected chi connectivity index (χ2v) is 6.93. The SMILES string of the molecule is O=C1NC(=O)N(c2cccc(F)c2)C(=O)/C1=C/c1ccc(OCc2cccc(F)c2)cc1. The van der Waals surface area contributed by atoms with Gasteiger partial charge in [-0.3, -0.25) is 14.9 Å². The van der Waals surface area contributed by atoms with Crippen LogP contribution in [0.5, 0.6) is 5.75 Å². The molecule has 160 valence electrons. The first-order valence-electron chi connectivity index (χ1n) is 9.55. The number of nitrogens with zero attached hydrogens (tertiary/aromatic N) is 1. The van der Waals surface area contributed by atoms with E-state index in [4.69, 9.17) is 4.74 Å². The summed E-state index contributed by atoms with van der Waals surface area (Å²) in [6, 6.07) is 16.5. The highest BCUT2D eigenvalue weighted by atomic mass is 19.1. The van der Waals surface area contributed by atoms with Gasteiger partial charge in [-0.25, -0.2) is 18.5 Å². The molecule has 1 saturated heterocycles. The van der Waals surface area contributed by atoms with Crippen molar-refractivity contribution >= 4 is 29.6 Å². The average Bonchev–Trinajstić information content (AvgIpc) is 2.76. The lowest BCUT2D eigenvalue weighted by molar-refractivity contribution is -0.122. The smallest absolute Gasteiger partial charge is 0.335 e. The fourth-order valence-electron chi connectivity index (χ4n) is 3.13. The maximum Gasteiger partial charge on any atom is 0.335 e. The average molecular weight is 434 g/mol. The van der Waals surface area contributed by atoms with Gasteiger partial charge < -0.3 is 4.74 Å². The molecule has 0 bridgehead atoms. The van der Waals surface area contributed by atoms with Gasteiger partial charge in [-0.15, -0.1) is 0 Å². The van der Waals surface area contributed by atoms with Crippen molar-refractivity contribution in [3.8, 4) is 5.75 Å². The van der Waals surface area contributed by atoms with Crippen LogP contribution < -0.4 is 15.0 Å². The predicted molar refractivity (Wildman–Crippen MR) is 113 cm³/mol. The first-order chi connectivity index (χ1) is 15.4. The Labute approximate surface area is 181 Å². The molecule has 0 aromatic heterocycles. The zero-order valence-corrected chi connectivity index (χ0v) is 16.5. The molecule has 32 heavy (non-hydrogen) atoms. The Kier molecular flexibility index (Phi) is 5.76. The lowest BCUT2D eigenvalue weighted by atomic mass is 10.1. The zero-order valence-electron chi connectivity index (χ0n) is 16.5. The molecule has 1 N–H and O–H groups in total. The van der Waals surface area contributed by atoms with Gasteiger partial charge in [0, 0.05) is 0 Å². The minimum Gasteiger partial charge on any atom is -0.489 e. The minimum atomic E-state index is -0.955. The molecule has 0 spiro atoms. The maximum atomic E-state index is 13.5. The molecular weight excluding hydrogens is 418 g/mol. The summed E-state index contributed by atoms with van der Waals surface area (Å²) in [5.41, 5.74) is 0.909. The molecule has 6 nitrogen and oxygen atoms in total. The van der Waals surface area contributed by atoms with Gasteiger partial charge in [-0.1, -0.05) is 30.3 Å². The summed E-state index contributed by atoms with van der Waals surface area (Å²) in [6.45, 7) is 0.170. The van der Waals surface area contributed by atoms with Crippen molar-refractivity contribution in [2.45, 2.75) is 6.61 Å². The Morgan fingerprint density at radius 2 is 1.56 bits per heavy atom.